The van der Waals surface area contributed by atoms with Crippen molar-refractivity contribution in [3.63, 3.8) is 0 Å². The molecule has 1 fully saturated rings. The van der Waals surface area contributed by atoms with Crippen molar-refractivity contribution in [2.75, 3.05) is 37.8 Å². The van der Waals surface area contributed by atoms with Crippen LogP contribution in [-0.4, -0.2) is 48.0 Å². The van der Waals surface area contributed by atoms with Crippen LogP contribution in [0.1, 0.15) is 22.9 Å². The highest BCUT2D eigenvalue weighted by molar-refractivity contribution is 5.69. The zero-order chi connectivity index (χ0) is 22.5. The molecule has 4 rings (SSSR count). The van der Waals surface area contributed by atoms with Crippen LogP contribution >= 0.6 is 0 Å². The average Bonchev–Trinajstić information content (AvgIpc) is 2.84. The van der Waals surface area contributed by atoms with Crippen molar-refractivity contribution >= 4 is 5.82 Å². The molecule has 0 aliphatic carbocycles. The van der Waals surface area contributed by atoms with Crippen LogP contribution in [0, 0.1) is 18.3 Å². The highest BCUT2D eigenvalue weighted by Gasteiger charge is 2.16. The number of morpholine rings is 1. The molecule has 1 aliphatic heterocycles. The number of nitrogens with zero attached hydrogens (tertiary/aromatic N) is 4. The Kier molecular flexibility index (Phi) is 6.61. The lowest BCUT2D eigenvalue weighted by Gasteiger charge is -2.28. The molecule has 1 saturated heterocycles. The quantitative estimate of drug-likeness (QED) is 0.612. The van der Waals surface area contributed by atoms with Crippen molar-refractivity contribution in [3.8, 4) is 28.8 Å². The highest BCUT2D eigenvalue weighted by Crippen LogP contribution is 2.35. The van der Waals surface area contributed by atoms with Gasteiger partial charge in [-0.15, -0.1) is 0 Å². The zero-order valence-corrected chi connectivity index (χ0v) is 17.9. The first-order valence-corrected chi connectivity index (χ1v) is 10.4. The molecule has 0 spiro atoms. The largest absolute Gasteiger partial charge is 0.456 e. The smallest absolute Gasteiger partial charge is 0.138 e. The van der Waals surface area contributed by atoms with E-state index in [-0.39, 0.29) is 6.61 Å². The topological polar surface area (TPSA) is 118 Å². The number of aliphatic hydroxyl groups is 1. The summed E-state index contributed by atoms with van der Waals surface area (Å²) in [6, 6.07) is 14.4. The van der Waals surface area contributed by atoms with Gasteiger partial charge >= 0.3 is 0 Å². The Hall–Kier alpha value is -3.51. The number of pyridine rings is 2. The monoisotopic (exact) mass is 431 g/mol. The minimum atomic E-state index is -0.480. The van der Waals surface area contributed by atoms with E-state index in [2.05, 4.69) is 20.9 Å². The van der Waals surface area contributed by atoms with E-state index >= 15 is 0 Å². The van der Waals surface area contributed by atoms with Gasteiger partial charge in [0.05, 0.1) is 43.2 Å². The normalized spacial score (nSPS) is 14.6. The van der Waals surface area contributed by atoms with E-state index in [4.69, 9.17) is 15.2 Å². The van der Waals surface area contributed by atoms with Gasteiger partial charge in [-0.1, -0.05) is 6.07 Å². The Morgan fingerprint density at radius 3 is 2.72 bits per heavy atom. The van der Waals surface area contributed by atoms with Crippen LogP contribution in [0.4, 0.5) is 5.82 Å². The van der Waals surface area contributed by atoms with Gasteiger partial charge in [0.15, 0.2) is 0 Å². The maximum absolute atomic E-state index is 9.39. The fourth-order valence-corrected chi connectivity index (χ4v) is 3.54. The van der Waals surface area contributed by atoms with E-state index in [9.17, 15) is 10.4 Å². The Morgan fingerprint density at radius 1 is 1.22 bits per heavy atom. The molecule has 1 aromatic carbocycles. The van der Waals surface area contributed by atoms with Crippen LogP contribution in [0.3, 0.4) is 0 Å². The fourth-order valence-electron chi connectivity index (χ4n) is 3.54. The average molecular weight is 431 g/mol. The number of aryl methyl sites for hydroxylation is 1. The van der Waals surface area contributed by atoms with E-state index in [1.54, 1.807) is 18.3 Å². The van der Waals surface area contributed by atoms with Crippen molar-refractivity contribution in [3.05, 3.63) is 65.5 Å². The summed E-state index contributed by atoms with van der Waals surface area (Å²) >= 11 is 0. The molecule has 32 heavy (non-hydrogen) atoms. The van der Waals surface area contributed by atoms with Gasteiger partial charge in [-0.3, -0.25) is 4.98 Å². The van der Waals surface area contributed by atoms with Gasteiger partial charge in [0.1, 0.15) is 17.3 Å². The number of nitrogens with two attached hydrogens (primary N) is 1. The number of rotatable bonds is 6. The molecule has 8 heteroatoms. The van der Waals surface area contributed by atoms with Crippen molar-refractivity contribution in [2.45, 2.75) is 13.0 Å². The molecule has 2 aromatic heterocycles. The molecular weight excluding hydrogens is 406 g/mol. The molecule has 3 heterocycles. The van der Waals surface area contributed by atoms with E-state index < -0.39 is 6.04 Å². The minimum absolute atomic E-state index is 0.154. The molecule has 0 radical (unpaired) electrons. The molecule has 3 aromatic rings. The van der Waals surface area contributed by atoms with E-state index in [0.717, 1.165) is 35.7 Å². The second-order valence-electron chi connectivity index (χ2n) is 7.59. The van der Waals surface area contributed by atoms with Gasteiger partial charge in [-0.25, -0.2) is 4.98 Å². The number of ether oxygens (including phenoxy) is 2. The summed E-state index contributed by atoms with van der Waals surface area (Å²) in [6.45, 7) is 4.66. The van der Waals surface area contributed by atoms with Crippen LogP contribution < -0.4 is 15.4 Å². The lowest BCUT2D eigenvalue weighted by molar-refractivity contribution is 0.122. The first-order chi connectivity index (χ1) is 15.6. The predicted octanol–water partition coefficient (Wildman–Crippen LogP) is 2.94. The maximum Gasteiger partial charge on any atom is 0.138 e. The van der Waals surface area contributed by atoms with Crippen molar-refractivity contribution in [2.24, 2.45) is 5.73 Å². The summed E-state index contributed by atoms with van der Waals surface area (Å²) in [6.07, 6.45) is 1.64. The molecule has 1 atom stereocenters. The summed E-state index contributed by atoms with van der Waals surface area (Å²) in [4.78, 5) is 11.3. The molecule has 8 nitrogen and oxygen atoms in total. The van der Waals surface area contributed by atoms with Crippen molar-refractivity contribution in [1.82, 2.24) is 9.97 Å². The first-order valence-electron chi connectivity index (χ1n) is 10.4. The predicted molar refractivity (Wildman–Crippen MR) is 120 cm³/mol. The van der Waals surface area contributed by atoms with Crippen LogP contribution in [-0.2, 0) is 4.74 Å². The lowest BCUT2D eigenvalue weighted by Crippen LogP contribution is -2.36. The molecule has 3 N–H and O–H groups in total. The Morgan fingerprint density at radius 2 is 2.03 bits per heavy atom. The van der Waals surface area contributed by atoms with Crippen LogP contribution in [0.2, 0.25) is 0 Å². The number of nitriles is 1. The van der Waals surface area contributed by atoms with Gasteiger partial charge in [0.25, 0.3) is 0 Å². The van der Waals surface area contributed by atoms with Crippen molar-refractivity contribution in [1.29, 1.82) is 5.26 Å². The lowest BCUT2D eigenvalue weighted by atomic mass is 10.1. The first kappa shape index (κ1) is 21.7. The summed E-state index contributed by atoms with van der Waals surface area (Å²) in [5.41, 5.74) is 9.36. The van der Waals surface area contributed by atoms with Crippen LogP contribution in [0.25, 0.3) is 11.3 Å². The van der Waals surface area contributed by atoms with Crippen molar-refractivity contribution < 1.29 is 14.6 Å². The summed E-state index contributed by atoms with van der Waals surface area (Å²) in [5.74, 6) is 1.99. The molecule has 1 aliphatic rings. The summed E-state index contributed by atoms with van der Waals surface area (Å²) in [5, 5.41) is 18.6. The number of hydrogen-bond donors (Lipinski definition) is 2. The van der Waals surface area contributed by atoms with Gasteiger partial charge < -0.3 is 25.2 Å². The standard InChI is InChI=1S/C24H25N5O3/c1-16-10-19(12-24(28-16)29-6-8-31-9-7-29)32-23-11-17(13-25)2-4-20(23)22-5-3-18(14-27-22)21(26)15-30/h2-5,10-12,14,21,30H,6-9,15,26H2,1H3. The van der Waals surface area contributed by atoms with E-state index in [0.29, 0.717) is 36.0 Å². The van der Waals surface area contributed by atoms with E-state index in [1.807, 2.05) is 37.3 Å². The number of benzene rings is 1. The second-order valence-corrected chi connectivity index (χ2v) is 7.59. The Balaban J connectivity index is 1.68. The summed E-state index contributed by atoms with van der Waals surface area (Å²) < 4.78 is 11.7. The fraction of sp³-hybridized carbons (Fsp3) is 0.292. The molecule has 0 amide bonds. The highest BCUT2D eigenvalue weighted by atomic mass is 16.5. The molecule has 0 saturated carbocycles. The third kappa shape index (κ3) is 4.86. The number of anilines is 1. The van der Waals surface area contributed by atoms with Gasteiger partial charge in [-0.2, -0.15) is 5.26 Å². The summed E-state index contributed by atoms with van der Waals surface area (Å²) in [7, 11) is 0. The molecule has 164 valence electrons. The number of aliphatic hydroxyl groups excluding tert-OH is 1. The number of aromatic nitrogens is 2. The minimum Gasteiger partial charge on any atom is -0.456 e. The number of hydrogen-bond acceptors (Lipinski definition) is 8. The second kappa shape index (κ2) is 9.75. The van der Waals surface area contributed by atoms with Gasteiger partial charge in [0, 0.05) is 42.7 Å². The third-order valence-corrected chi connectivity index (χ3v) is 5.27. The molecule has 1 unspecified atom stereocenters. The van der Waals surface area contributed by atoms with Crippen LogP contribution in [0.5, 0.6) is 11.5 Å². The van der Waals surface area contributed by atoms with Gasteiger partial charge in [-0.05, 0) is 36.8 Å². The molecular formula is C24H25N5O3. The zero-order valence-electron chi connectivity index (χ0n) is 17.9. The molecule has 0 bridgehead atoms. The Labute approximate surface area is 186 Å². The Bertz CT molecular complexity index is 1120. The van der Waals surface area contributed by atoms with E-state index in [1.165, 1.54) is 0 Å². The SMILES string of the molecule is Cc1cc(Oc2cc(C#N)ccc2-c2ccc(C(N)CO)cn2)cc(N2CCOCC2)n1. The third-order valence-electron chi connectivity index (χ3n) is 5.27. The van der Waals surface area contributed by atoms with Crippen LogP contribution in [0.15, 0.2) is 48.7 Å². The van der Waals surface area contributed by atoms with Gasteiger partial charge in [0.2, 0.25) is 0 Å². The maximum atomic E-state index is 9.39.